The Balaban J connectivity index is 1.23. The number of aromatic hydroxyl groups is 1. The summed E-state index contributed by atoms with van der Waals surface area (Å²) >= 11 is 6.42. The number of fused-ring (bicyclic) bond motifs is 5. The Bertz CT molecular complexity index is 2330. The van der Waals surface area contributed by atoms with Crippen LogP contribution in [0, 0.1) is 29.6 Å². The van der Waals surface area contributed by atoms with Gasteiger partial charge in [0, 0.05) is 28.5 Å². The van der Waals surface area contributed by atoms with Crippen LogP contribution in [0.15, 0.2) is 121 Å². The van der Waals surface area contributed by atoms with Crippen molar-refractivity contribution in [2.24, 2.45) is 29.6 Å². The number of ketones is 1. The smallest absolute Gasteiger partial charge is 0.246 e. The molecule has 4 aromatic rings. The molecule has 9 nitrogen and oxygen atoms in total. The summed E-state index contributed by atoms with van der Waals surface area (Å²) < 4.78 is 6.19. The minimum absolute atomic E-state index is 0.0660. The van der Waals surface area contributed by atoms with Gasteiger partial charge in [-0.1, -0.05) is 59.6 Å². The van der Waals surface area contributed by atoms with Crippen LogP contribution in [-0.4, -0.2) is 34.5 Å². The maximum absolute atomic E-state index is 15.4. The van der Waals surface area contributed by atoms with Crippen molar-refractivity contribution in [3.05, 3.63) is 142 Å². The van der Waals surface area contributed by atoms with E-state index in [9.17, 15) is 24.3 Å². The first-order valence-corrected chi connectivity index (χ1v) is 18.0. The van der Waals surface area contributed by atoms with Gasteiger partial charge in [0.2, 0.25) is 23.6 Å². The van der Waals surface area contributed by atoms with Crippen LogP contribution >= 0.6 is 11.6 Å². The maximum atomic E-state index is 15.4. The minimum atomic E-state index is -1.44. The van der Waals surface area contributed by atoms with E-state index in [1.165, 1.54) is 16.7 Å². The second-order valence-electron chi connectivity index (χ2n) is 14.5. The van der Waals surface area contributed by atoms with Gasteiger partial charge < -0.3 is 9.84 Å². The molecule has 53 heavy (non-hydrogen) atoms. The summed E-state index contributed by atoms with van der Waals surface area (Å²) in [6.07, 6.45) is 4.38. The highest BCUT2D eigenvalue weighted by molar-refractivity contribution is 6.32. The third-order valence-electron chi connectivity index (χ3n) is 11.8. The van der Waals surface area contributed by atoms with Crippen molar-refractivity contribution >= 4 is 52.4 Å². The molecule has 3 fully saturated rings. The number of ether oxygens (including phenoxy) is 1. The van der Waals surface area contributed by atoms with E-state index in [0.29, 0.717) is 45.3 Å². The highest BCUT2D eigenvalue weighted by Gasteiger charge is 2.70. The second-order valence-corrected chi connectivity index (χ2v) is 14.9. The number of halogens is 1. The Morgan fingerprint density at radius 2 is 1.60 bits per heavy atom. The van der Waals surface area contributed by atoms with Crippen molar-refractivity contribution < 1.29 is 33.8 Å². The lowest BCUT2D eigenvalue weighted by Crippen LogP contribution is -2.55. The van der Waals surface area contributed by atoms with E-state index in [2.05, 4.69) is 0 Å². The van der Waals surface area contributed by atoms with Crippen LogP contribution in [0.5, 0.6) is 11.5 Å². The zero-order chi connectivity index (χ0) is 36.8. The Morgan fingerprint density at radius 3 is 2.34 bits per heavy atom. The lowest BCUT2D eigenvalue weighted by molar-refractivity contribution is -0.128. The quantitative estimate of drug-likeness (QED) is 0.134. The predicted octanol–water partition coefficient (Wildman–Crippen LogP) is 6.97. The summed E-state index contributed by atoms with van der Waals surface area (Å²) in [7, 11) is 0. The van der Waals surface area contributed by atoms with Crippen LogP contribution in [0.3, 0.4) is 0 Å². The first kappa shape index (κ1) is 33.1. The Morgan fingerprint density at radius 1 is 0.830 bits per heavy atom. The standard InChI is InChI=1S/C43H33ClN2O7/c1-23(47)24-10-12-29(13-11-24)45-39(49)33-16-15-32-34(37(33)41(45)51)21-35-40(50)46(30-9-5-8-28(44)20-30)42(52)43(35,27-6-3-2-4-7-27)38(32)26-18-25-19-31(48)14-17-36(25)53-22-26/h2-15,17,19-20,22,33-35,37-38,48H,16,18,21H2,1H3/t33-,34+,35-,37-,38-,43+/m0/s1. The molecule has 1 saturated carbocycles. The number of allylic oxidation sites excluding steroid dienone is 3. The Kier molecular flexibility index (Phi) is 7.57. The molecular formula is C43H33ClN2O7. The first-order valence-electron chi connectivity index (χ1n) is 17.6. The Hall–Kier alpha value is -5.80. The van der Waals surface area contributed by atoms with Crippen molar-refractivity contribution in [3.63, 3.8) is 0 Å². The summed E-state index contributed by atoms with van der Waals surface area (Å²) in [5, 5.41) is 10.8. The SMILES string of the molecule is CC(=O)c1ccc(N2C(=O)[C@H]3[C@H](CC=C4[C@H](C5=COc6ccc(O)cc6C5)[C@]5(c6ccccc6)C(=O)N(c6cccc(Cl)c6)C(=O)[C@@H]5C[C@H]43)C2=O)cc1. The van der Waals surface area contributed by atoms with Crippen molar-refractivity contribution in [3.8, 4) is 11.5 Å². The number of hydrogen-bond acceptors (Lipinski definition) is 7. The molecule has 2 aliphatic carbocycles. The zero-order valence-electron chi connectivity index (χ0n) is 28.6. The van der Waals surface area contributed by atoms with Crippen molar-refractivity contribution in [1.29, 1.82) is 0 Å². The highest BCUT2D eigenvalue weighted by atomic mass is 35.5. The van der Waals surface area contributed by atoms with Gasteiger partial charge in [0.05, 0.1) is 40.8 Å². The molecule has 0 spiro atoms. The lowest BCUT2D eigenvalue weighted by atomic mass is 9.48. The number of anilines is 2. The summed E-state index contributed by atoms with van der Waals surface area (Å²) in [5.41, 5.74) is 2.66. The van der Waals surface area contributed by atoms with E-state index in [4.69, 9.17) is 16.3 Å². The molecule has 10 heteroatoms. The number of rotatable bonds is 5. The van der Waals surface area contributed by atoms with Crippen LogP contribution in [0.2, 0.25) is 5.02 Å². The number of nitrogens with zero attached hydrogens (tertiary/aromatic N) is 2. The van der Waals surface area contributed by atoms with E-state index < -0.39 is 46.8 Å². The van der Waals surface area contributed by atoms with Crippen molar-refractivity contribution in [1.82, 2.24) is 0 Å². The fraction of sp³-hybridized carbons (Fsp3) is 0.233. The van der Waals surface area contributed by atoms with Gasteiger partial charge in [0.15, 0.2) is 5.78 Å². The van der Waals surface area contributed by atoms with E-state index in [0.717, 1.165) is 11.1 Å². The van der Waals surface area contributed by atoms with Crippen molar-refractivity contribution in [2.75, 3.05) is 9.80 Å². The number of phenolic OH excluding ortho intramolecular Hbond substituents is 1. The lowest BCUT2D eigenvalue weighted by Gasteiger charge is -2.51. The number of imide groups is 2. The van der Waals surface area contributed by atoms with Gasteiger partial charge in [0.1, 0.15) is 11.5 Å². The third-order valence-corrected chi connectivity index (χ3v) is 12.1. The fourth-order valence-corrected chi connectivity index (χ4v) is 9.84. The molecule has 2 saturated heterocycles. The molecule has 3 aliphatic heterocycles. The van der Waals surface area contributed by atoms with Crippen LogP contribution in [0.25, 0.3) is 0 Å². The summed E-state index contributed by atoms with van der Waals surface area (Å²) in [6.45, 7) is 1.45. The fourth-order valence-electron chi connectivity index (χ4n) is 9.66. The summed E-state index contributed by atoms with van der Waals surface area (Å²) in [5.74, 6) is -4.67. The van der Waals surface area contributed by atoms with Gasteiger partial charge in [-0.05, 0) is 97.5 Å². The van der Waals surface area contributed by atoms with E-state index in [1.54, 1.807) is 73.0 Å². The molecule has 264 valence electrons. The number of carbonyl (C=O) groups is 5. The first-order chi connectivity index (χ1) is 25.6. The molecular weight excluding hydrogens is 692 g/mol. The van der Waals surface area contributed by atoms with Gasteiger partial charge in [-0.2, -0.15) is 0 Å². The molecule has 0 bridgehead atoms. The number of carbonyl (C=O) groups excluding carboxylic acids is 5. The molecule has 1 N–H and O–H groups in total. The molecule has 9 rings (SSSR count). The third kappa shape index (κ3) is 4.79. The van der Waals surface area contributed by atoms with E-state index in [1.807, 2.05) is 36.4 Å². The van der Waals surface area contributed by atoms with Gasteiger partial charge in [0.25, 0.3) is 0 Å². The zero-order valence-corrected chi connectivity index (χ0v) is 29.3. The van der Waals surface area contributed by atoms with Gasteiger partial charge in [-0.15, -0.1) is 0 Å². The van der Waals surface area contributed by atoms with Gasteiger partial charge >= 0.3 is 0 Å². The second kappa shape index (κ2) is 12.1. The van der Waals surface area contributed by atoms with Crippen LogP contribution in [-0.2, 0) is 31.0 Å². The average Bonchev–Trinajstić information content (AvgIpc) is 3.55. The molecule has 0 radical (unpaired) electrons. The largest absolute Gasteiger partial charge is 0.508 e. The van der Waals surface area contributed by atoms with E-state index in [-0.39, 0.29) is 36.2 Å². The van der Waals surface area contributed by atoms with Crippen molar-refractivity contribution in [2.45, 2.75) is 31.6 Å². The molecule has 5 aliphatic rings. The van der Waals surface area contributed by atoms with Gasteiger partial charge in [-0.3, -0.25) is 28.9 Å². The topological polar surface area (TPSA) is 121 Å². The maximum Gasteiger partial charge on any atom is 0.246 e. The number of hydrogen-bond donors (Lipinski definition) is 1. The molecule has 4 aromatic carbocycles. The van der Waals surface area contributed by atoms with Gasteiger partial charge in [-0.25, -0.2) is 4.90 Å². The predicted molar refractivity (Wildman–Crippen MR) is 196 cm³/mol. The van der Waals surface area contributed by atoms with E-state index >= 15 is 4.79 Å². The van der Waals surface area contributed by atoms with Crippen LogP contribution < -0.4 is 14.5 Å². The molecule has 6 atom stereocenters. The highest BCUT2D eigenvalue weighted by Crippen LogP contribution is 2.64. The normalized spacial score (nSPS) is 27.3. The number of benzene rings is 4. The minimum Gasteiger partial charge on any atom is -0.508 e. The molecule has 0 aromatic heterocycles. The summed E-state index contributed by atoms with van der Waals surface area (Å²) in [4.78, 5) is 73.5. The molecule has 0 unspecified atom stereocenters. The number of amides is 4. The molecule has 3 heterocycles. The molecule has 4 amide bonds. The van der Waals surface area contributed by atoms with Crippen LogP contribution in [0.1, 0.15) is 41.3 Å². The number of phenols is 1. The Labute approximate surface area is 310 Å². The monoisotopic (exact) mass is 724 g/mol. The van der Waals surface area contributed by atoms with Crippen LogP contribution in [0.4, 0.5) is 11.4 Å². The number of Topliss-reactive ketones (excluding diaryl/α,β-unsaturated/α-hetero) is 1. The average molecular weight is 725 g/mol. The summed E-state index contributed by atoms with van der Waals surface area (Å²) in [6, 6.07) is 27.3.